The van der Waals surface area contributed by atoms with Crippen molar-refractivity contribution in [2.75, 3.05) is 0 Å². The Morgan fingerprint density at radius 3 is 2.90 bits per heavy atom. The molecule has 1 N–H and O–H groups in total. The highest BCUT2D eigenvalue weighted by molar-refractivity contribution is 7.09. The fraction of sp³-hybridized carbons (Fsp3) is 0.381. The highest BCUT2D eigenvalue weighted by Gasteiger charge is 2.24. The predicted molar refractivity (Wildman–Crippen MR) is 117 cm³/mol. The number of para-hydroxylation sites is 1. The van der Waals surface area contributed by atoms with Crippen molar-refractivity contribution in [1.82, 2.24) is 34.4 Å². The molecule has 0 aliphatic carbocycles. The maximum absolute atomic E-state index is 12.9. The third kappa shape index (κ3) is 3.67. The fourth-order valence-electron chi connectivity index (χ4n) is 4.15. The SMILES string of the molecule is Cc1nc(Cn2nc3n(c2=O)CCC(NC(=O)c2nn(C)c4ccccc24)CC3)cs1. The monoisotopic (exact) mass is 437 g/mol. The second kappa shape index (κ2) is 7.77. The molecule has 4 aromatic rings. The molecule has 31 heavy (non-hydrogen) atoms. The van der Waals surface area contributed by atoms with Crippen LogP contribution in [-0.4, -0.2) is 41.1 Å². The van der Waals surface area contributed by atoms with Crippen LogP contribution >= 0.6 is 11.3 Å². The predicted octanol–water partition coefficient (Wildman–Crippen LogP) is 1.88. The molecule has 3 aromatic heterocycles. The average molecular weight is 438 g/mol. The third-order valence-electron chi connectivity index (χ3n) is 5.70. The Balaban J connectivity index is 1.29. The van der Waals surface area contributed by atoms with Crippen molar-refractivity contribution in [3.8, 4) is 0 Å². The first-order valence-corrected chi connectivity index (χ1v) is 11.2. The van der Waals surface area contributed by atoms with E-state index in [4.69, 9.17) is 0 Å². The zero-order valence-corrected chi connectivity index (χ0v) is 18.2. The number of hydrogen-bond donors (Lipinski definition) is 1. The summed E-state index contributed by atoms with van der Waals surface area (Å²) in [4.78, 5) is 30.1. The number of nitrogens with zero attached hydrogens (tertiary/aromatic N) is 6. The van der Waals surface area contributed by atoms with Gasteiger partial charge in [0.2, 0.25) is 0 Å². The molecule has 1 aliphatic heterocycles. The Hall–Kier alpha value is -3.27. The van der Waals surface area contributed by atoms with E-state index in [-0.39, 0.29) is 17.6 Å². The van der Waals surface area contributed by atoms with Crippen LogP contribution < -0.4 is 11.0 Å². The van der Waals surface area contributed by atoms with Crippen LogP contribution in [0.1, 0.15) is 39.9 Å². The Morgan fingerprint density at radius 2 is 2.10 bits per heavy atom. The highest BCUT2D eigenvalue weighted by Crippen LogP contribution is 2.19. The number of nitrogens with one attached hydrogen (secondary N) is 1. The summed E-state index contributed by atoms with van der Waals surface area (Å²) < 4.78 is 4.93. The molecule has 10 heteroatoms. The van der Waals surface area contributed by atoms with E-state index in [2.05, 4.69) is 20.5 Å². The molecule has 0 radical (unpaired) electrons. The molecule has 1 atom stereocenters. The minimum Gasteiger partial charge on any atom is -0.348 e. The molecule has 0 spiro atoms. The molecule has 4 heterocycles. The highest BCUT2D eigenvalue weighted by atomic mass is 32.1. The molecule has 1 unspecified atom stereocenters. The van der Waals surface area contributed by atoms with Gasteiger partial charge in [0.25, 0.3) is 5.91 Å². The number of carbonyl (C=O) groups excluding carboxylic acids is 1. The van der Waals surface area contributed by atoms with Gasteiger partial charge >= 0.3 is 5.69 Å². The molecular weight excluding hydrogens is 414 g/mol. The summed E-state index contributed by atoms with van der Waals surface area (Å²) in [6.07, 6.45) is 2.03. The normalized spacial score (nSPS) is 16.3. The van der Waals surface area contributed by atoms with Crippen molar-refractivity contribution >= 4 is 28.1 Å². The number of benzene rings is 1. The molecule has 0 fully saturated rings. The first kappa shape index (κ1) is 19.7. The zero-order valence-electron chi connectivity index (χ0n) is 17.4. The van der Waals surface area contributed by atoms with Gasteiger partial charge in [-0.05, 0) is 25.8 Å². The summed E-state index contributed by atoms with van der Waals surface area (Å²) in [5, 5.41) is 15.8. The Kier molecular flexibility index (Phi) is 4.93. The van der Waals surface area contributed by atoms with E-state index in [1.54, 1.807) is 20.6 Å². The topological polar surface area (TPSA) is 99.6 Å². The van der Waals surface area contributed by atoms with E-state index in [0.717, 1.165) is 33.8 Å². The van der Waals surface area contributed by atoms with E-state index in [9.17, 15) is 9.59 Å². The van der Waals surface area contributed by atoms with Crippen LogP contribution in [0.4, 0.5) is 0 Å². The first-order valence-electron chi connectivity index (χ1n) is 10.3. The lowest BCUT2D eigenvalue weighted by Gasteiger charge is -2.15. The summed E-state index contributed by atoms with van der Waals surface area (Å²) >= 11 is 1.57. The maximum atomic E-state index is 12.9. The summed E-state index contributed by atoms with van der Waals surface area (Å²) in [5.41, 5.74) is 2.08. The Labute approximate surface area is 182 Å². The quantitative estimate of drug-likeness (QED) is 0.526. The third-order valence-corrected chi connectivity index (χ3v) is 6.53. The molecule has 1 aromatic carbocycles. The second-order valence-corrected chi connectivity index (χ2v) is 8.92. The maximum Gasteiger partial charge on any atom is 0.346 e. The van der Waals surface area contributed by atoms with Gasteiger partial charge in [-0.3, -0.25) is 14.0 Å². The first-order chi connectivity index (χ1) is 15.0. The van der Waals surface area contributed by atoms with Gasteiger partial charge in [0.15, 0.2) is 5.69 Å². The van der Waals surface area contributed by atoms with Crippen molar-refractivity contribution in [3.05, 3.63) is 62.3 Å². The van der Waals surface area contributed by atoms with Gasteiger partial charge in [0.05, 0.1) is 22.8 Å². The van der Waals surface area contributed by atoms with Crippen molar-refractivity contribution in [1.29, 1.82) is 0 Å². The Morgan fingerprint density at radius 1 is 1.26 bits per heavy atom. The van der Waals surface area contributed by atoms with Crippen LogP contribution in [0.25, 0.3) is 10.9 Å². The van der Waals surface area contributed by atoms with E-state index < -0.39 is 0 Å². The van der Waals surface area contributed by atoms with Crippen molar-refractivity contribution in [3.63, 3.8) is 0 Å². The molecule has 0 saturated carbocycles. The van der Waals surface area contributed by atoms with E-state index >= 15 is 0 Å². The van der Waals surface area contributed by atoms with Crippen LogP contribution in [0.15, 0.2) is 34.4 Å². The lowest BCUT2D eigenvalue weighted by atomic mass is 10.1. The minimum absolute atomic E-state index is 0.0380. The summed E-state index contributed by atoms with van der Waals surface area (Å²) in [6, 6.07) is 7.65. The number of amides is 1. The summed E-state index contributed by atoms with van der Waals surface area (Å²) in [7, 11) is 1.83. The fourth-order valence-corrected chi connectivity index (χ4v) is 4.75. The number of aryl methyl sites for hydroxylation is 3. The number of carbonyl (C=O) groups is 1. The minimum atomic E-state index is -0.183. The van der Waals surface area contributed by atoms with E-state index in [1.807, 2.05) is 43.6 Å². The zero-order chi connectivity index (χ0) is 21.5. The lowest BCUT2D eigenvalue weighted by Crippen LogP contribution is -2.36. The summed E-state index contributed by atoms with van der Waals surface area (Å²) in [6.45, 7) is 2.86. The van der Waals surface area contributed by atoms with Gasteiger partial charge < -0.3 is 5.32 Å². The molecule has 160 valence electrons. The second-order valence-electron chi connectivity index (χ2n) is 7.85. The van der Waals surface area contributed by atoms with Gasteiger partial charge in [-0.2, -0.15) is 10.2 Å². The van der Waals surface area contributed by atoms with Crippen molar-refractivity contribution in [2.45, 2.75) is 45.3 Å². The van der Waals surface area contributed by atoms with Crippen LogP contribution in [0, 0.1) is 6.92 Å². The smallest absolute Gasteiger partial charge is 0.346 e. The van der Waals surface area contributed by atoms with Crippen LogP contribution in [0.3, 0.4) is 0 Å². The van der Waals surface area contributed by atoms with Gasteiger partial charge in [0, 0.05) is 36.8 Å². The molecule has 1 aliphatic rings. The number of rotatable bonds is 4. The molecular formula is C21H23N7O2S. The summed E-state index contributed by atoms with van der Waals surface area (Å²) in [5.74, 6) is 0.578. The van der Waals surface area contributed by atoms with Crippen LogP contribution in [0.5, 0.6) is 0 Å². The Bertz CT molecular complexity index is 1330. The number of fused-ring (bicyclic) bond motifs is 2. The molecule has 1 amide bonds. The van der Waals surface area contributed by atoms with E-state index in [1.165, 1.54) is 4.68 Å². The standard InChI is InChI=1S/C21H23N7O2S/c1-13-22-15(12-31-13)11-28-21(30)27-10-9-14(7-8-18(27)24-28)23-20(29)19-16-5-3-4-6-17(16)26(2)25-19/h3-6,12,14H,7-11H2,1-2H3,(H,23,29). The largest absolute Gasteiger partial charge is 0.348 e. The molecule has 0 bridgehead atoms. The molecule has 9 nitrogen and oxygen atoms in total. The number of thiazole rings is 1. The number of hydrogen-bond acceptors (Lipinski definition) is 6. The van der Waals surface area contributed by atoms with Crippen molar-refractivity contribution in [2.24, 2.45) is 7.05 Å². The van der Waals surface area contributed by atoms with E-state index in [0.29, 0.717) is 31.6 Å². The molecule has 5 rings (SSSR count). The van der Waals surface area contributed by atoms with Crippen LogP contribution in [0.2, 0.25) is 0 Å². The molecule has 0 saturated heterocycles. The van der Waals surface area contributed by atoms with Crippen molar-refractivity contribution < 1.29 is 4.79 Å². The van der Waals surface area contributed by atoms with Gasteiger partial charge in [-0.25, -0.2) is 14.5 Å². The number of aromatic nitrogens is 6. The van der Waals surface area contributed by atoms with Gasteiger partial charge in [-0.15, -0.1) is 11.3 Å². The average Bonchev–Trinajstić information content (AvgIpc) is 3.36. The van der Waals surface area contributed by atoms with Crippen LogP contribution in [-0.2, 0) is 26.6 Å². The lowest BCUT2D eigenvalue weighted by molar-refractivity contribution is 0.0928. The van der Waals surface area contributed by atoms with Gasteiger partial charge in [-0.1, -0.05) is 18.2 Å². The van der Waals surface area contributed by atoms with Gasteiger partial charge in [0.1, 0.15) is 5.82 Å².